The quantitative estimate of drug-likeness (QED) is 0.249. The number of carbonyl (C=O) groups excluding carboxylic acids is 2. The van der Waals surface area contributed by atoms with E-state index in [0.717, 1.165) is 0 Å². The molecule has 0 fully saturated rings. The molecule has 0 atom stereocenters. The SMILES string of the molecule is O=C(Nc1ccc(Oc2cccc(Oc3ccc(NC(=O)c4ccncc4)cc3)c2)cc1)c1ccncc1. The van der Waals surface area contributed by atoms with Gasteiger partial charge in [-0.05, 0) is 84.9 Å². The van der Waals surface area contributed by atoms with Gasteiger partial charge in [0.05, 0.1) is 0 Å². The van der Waals surface area contributed by atoms with Gasteiger partial charge in [-0.2, -0.15) is 0 Å². The summed E-state index contributed by atoms with van der Waals surface area (Å²) in [5, 5.41) is 5.68. The maximum atomic E-state index is 12.3. The molecule has 2 heterocycles. The van der Waals surface area contributed by atoms with E-state index >= 15 is 0 Å². The number of rotatable bonds is 8. The molecule has 0 aliphatic carbocycles. The number of nitrogens with one attached hydrogen (secondary N) is 2. The zero-order valence-electron chi connectivity index (χ0n) is 20.1. The van der Waals surface area contributed by atoms with E-state index in [1.165, 1.54) is 0 Å². The molecule has 0 unspecified atom stereocenters. The monoisotopic (exact) mass is 502 g/mol. The molecule has 2 aromatic heterocycles. The summed E-state index contributed by atoms with van der Waals surface area (Å²) in [5.41, 5.74) is 2.36. The Morgan fingerprint density at radius 1 is 0.500 bits per heavy atom. The molecule has 0 saturated carbocycles. The van der Waals surface area contributed by atoms with Crippen molar-refractivity contribution in [1.82, 2.24) is 9.97 Å². The molecule has 0 spiro atoms. The summed E-state index contributed by atoms with van der Waals surface area (Å²) in [6.45, 7) is 0. The number of anilines is 2. The second kappa shape index (κ2) is 11.5. The van der Waals surface area contributed by atoms with Crippen molar-refractivity contribution < 1.29 is 19.1 Å². The first-order chi connectivity index (χ1) is 18.6. The highest BCUT2D eigenvalue weighted by Gasteiger charge is 2.08. The summed E-state index contributed by atoms with van der Waals surface area (Å²) >= 11 is 0. The van der Waals surface area contributed by atoms with Crippen molar-refractivity contribution >= 4 is 23.2 Å². The van der Waals surface area contributed by atoms with Crippen molar-refractivity contribution in [3.63, 3.8) is 0 Å². The minimum atomic E-state index is -0.213. The predicted octanol–water partition coefficient (Wildman–Crippen LogP) is 6.57. The first-order valence-electron chi connectivity index (χ1n) is 11.7. The van der Waals surface area contributed by atoms with Crippen molar-refractivity contribution in [2.75, 3.05) is 10.6 Å². The Balaban J connectivity index is 1.17. The van der Waals surface area contributed by atoms with E-state index in [0.29, 0.717) is 45.5 Å². The standard InChI is InChI=1S/C30H22N4O4/c35-29(21-12-16-31-17-13-21)33-23-4-8-25(9-5-23)37-27-2-1-3-28(20-27)38-26-10-6-24(7-11-26)34-30(36)22-14-18-32-19-15-22/h1-20H,(H,33,35)(H,34,36). The number of amides is 2. The number of pyridine rings is 2. The van der Waals surface area contributed by atoms with Crippen LogP contribution in [0.3, 0.4) is 0 Å². The Hall–Kier alpha value is -5.50. The van der Waals surface area contributed by atoms with Crippen LogP contribution in [0.15, 0.2) is 122 Å². The van der Waals surface area contributed by atoms with Gasteiger partial charge in [-0.25, -0.2) is 0 Å². The van der Waals surface area contributed by atoms with Crippen LogP contribution in [0.2, 0.25) is 0 Å². The topological polar surface area (TPSA) is 102 Å². The molecule has 0 aliphatic rings. The van der Waals surface area contributed by atoms with Crippen LogP contribution in [-0.2, 0) is 0 Å². The van der Waals surface area contributed by atoms with Crippen LogP contribution in [-0.4, -0.2) is 21.8 Å². The van der Waals surface area contributed by atoms with Gasteiger partial charge in [-0.3, -0.25) is 19.6 Å². The molecule has 2 N–H and O–H groups in total. The van der Waals surface area contributed by atoms with Gasteiger partial charge in [0.2, 0.25) is 0 Å². The lowest BCUT2D eigenvalue weighted by Gasteiger charge is -2.11. The third-order valence-corrected chi connectivity index (χ3v) is 5.39. The van der Waals surface area contributed by atoms with E-state index in [-0.39, 0.29) is 11.8 Å². The Labute approximate surface area is 218 Å². The average molecular weight is 503 g/mol. The molecule has 0 radical (unpaired) electrons. The van der Waals surface area contributed by atoms with Crippen molar-refractivity contribution in [3.05, 3.63) is 133 Å². The first kappa shape index (κ1) is 24.2. The highest BCUT2D eigenvalue weighted by Crippen LogP contribution is 2.29. The van der Waals surface area contributed by atoms with E-state index in [9.17, 15) is 9.59 Å². The lowest BCUT2D eigenvalue weighted by molar-refractivity contribution is 0.101. The van der Waals surface area contributed by atoms with Crippen LogP contribution >= 0.6 is 0 Å². The zero-order valence-corrected chi connectivity index (χ0v) is 20.1. The van der Waals surface area contributed by atoms with Gasteiger partial charge in [0.15, 0.2) is 0 Å². The number of hydrogen-bond donors (Lipinski definition) is 2. The number of nitrogens with zero attached hydrogens (tertiary/aromatic N) is 2. The third-order valence-electron chi connectivity index (χ3n) is 5.39. The predicted molar refractivity (Wildman–Crippen MR) is 144 cm³/mol. The summed E-state index contributed by atoms with van der Waals surface area (Å²) in [7, 11) is 0. The molecule has 5 rings (SSSR count). The maximum Gasteiger partial charge on any atom is 0.255 e. The molecular formula is C30H22N4O4. The van der Waals surface area contributed by atoms with E-state index in [4.69, 9.17) is 9.47 Å². The minimum absolute atomic E-state index is 0.213. The second-order valence-corrected chi connectivity index (χ2v) is 8.11. The first-order valence-corrected chi connectivity index (χ1v) is 11.7. The van der Waals surface area contributed by atoms with Crippen molar-refractivity contribution in [1.29, 1.82) is 0 Å². The van der Waals surface area contributed by atoms with Gasteiger partial charge in [-0.1, -0.05) is 6.07 Å². The Morgan fingerprint density at radius 2 is 0.895 bits per heavy atom. The fourth-order valence-electron chi connectivity index (χ4n) is 3.50. The number of carbonyl (C=O) groups is 2. The van der Waals surface area contributed by atoms with E-state index in [2.05, 4.69) is 20.6 Å². The summed E-state index contributed by atoms with van der Waals surface area (Å²) < 4.78 is 11.9. The van der Waals surface area contributed by atoms with Gasteiger partial charge >= 0.3 is 0 Å². The molecule has 2 amide bonds. The second-order valence-electron chi connectivity index (χ2n) is 8.11. The van der Waals surface area contributed by atoms with Crippen molar-refractivity contribution in [3.8, 4) is 23.0 Å². The lowest BCUT2D eigenvalue weighted by atomic mass is 10.2. The molecule has 38 heavy (non-hydrogen) atoms. The molecule has 186 valence electrons. The van der Waals surface area contributed by atoms with Crippen LogP contribution in [0.5, 0.6) is 23.0 Å². The van der Waals surface area contributed by atoms with Crippen LogP contribution in [0.1, 0.15) is 20.7 Å². The average Bonchev–Trinajstić information content (AvgIpc) is 2.96. The molecule has 5 aromatic rings. The minimum Gasteiger partial charge on any atom is -0.457 e. The van der Waals surface area contributed by atoms with Crippen LogP contribution in [0.25, 0.3) is 0 Å². The Morgan fingerprint density at radius 3 is 1.29 bits per heavy atom. The summed E-state index contributed by atoms with van der Waals surface area (Å²) in [6.07, 6.45) is 6.29. The Bertz CT molecular complexity index is 1410. The number of aromatic nitrogens is 2. The molecule has 8 heteroatoms. The lowest BCUT2D eigenvalue weighted by Crippen LogP contribution is -2.11. The molecule has 0 bridgehead atoms. The van der Waals surface area contributed by atoms with E-state index in [1.807, 2.05) is 18.2 Å². The van der Waals surface area contributed by atoms with Crippen molar-refractivity contribution in [2.24, 2.45) is 0 Å². The molecule has 0 saturated heterocycles. The number of benzene rings is 3. The molecule has 0 aliphatic heterocycles. The molecule has 3 aromatic carbocycles. The molecule has 8 nitrogen and oxygen atoms in total. The fraction of sp³-hybridized carbons (Fsp3) is 0. The highest BCUT2D eigenvalue weighted by molar-refractivity contribution is 6.04. The third kappa shape index (κ3) is 6.38. The van der Waals surface area contributed by atoms with Gasteiger partial charge in [-0.15, -0.1) is 0 Å². The van der Waals surface area contributed by atoms with Crippen molar-refractivity contribution in [2.45, 2.75) is 0 Å². The van der Waals surface area contributed by atoms with Crippen LogP contribution < -0.4 is 20.1 Å². The maximum absolute atomic E-state index is 12.3. The van der Waals surface area contributed by atoms with Gasteiger partial charge in [0, 0.05) is 53.4 Å². The normalized spacial score (nSPS) is 10.3. The van der Waals surface area contributed by atoms with Gasteiger partial charge in [0.25, 0.3) is 11.8 Å². The van der Waals surface area contributed by atoms with E-state index in [1.54, 1.807) is 104 Å². The largest absolute Gasteiger partial charge is 0.457 e. The van der Waals surface area contributed by atoms with Gasteiger partial charge < -0.3 is 20.1 Å². The number of ether oxygens (including phenoxy) is 2. The summed E-state index contributed by atoms with van der Waals surface area (Å²) in [4.78, 5) is 32.4. The van der Waals surface area contributed by atoms with Gasteiger partial charge in [0.1, 0.15) is 23.0 Å². The van der Waals surface area contributed by atoms with Crippen LogP contribution in [0, 0.1) is 0 Å². The smallest absolute Gasteiger partial charge is 0.255 e. The van der Waals surface area contributed by atoms with E-state index < -0.39 is 0 Å². The fourth-order valence-corrected chi connectivity index (χ4v) is 3.50. The number of hydrogen-bond acceptors (Lipinski definition) is 6. The summed E-state index contributed by atoms with van der Waals surface area (Å²) in [5.74, 6) is 1.98. The zero-order chi connectivity index (χ0) is 26.2. The van der Waals surface area contributed by atoms with Crippen LogP contribution in [0.4, 0.5) is 11.4 Å². The summed E-state index contributed by atoms with van der Waals surface area (Å²) in [6, 6.07) is 28.0. The highest BCUT2D eigenvalue weighted by atomic mass is 16.5. The Kier molecular flexibility index (Phi) is 7.32. The molecular weight excluding hydrogens is 480 g/mol.